The lowest BCUT2D eigenvalue weighted by atomic mass is 10.1. The zero-order valence-corrected chi connectivity index (χ0v) is 15.5. The molecule has 1 aliphatic heterocycles. The normalized spacial score (nSPS) is 17.6. The summed E-state index contributed by atoms with van der Waals surface area (Å²) in [6.07, 6.45) is -4.70. The molecule has 0 saturated carbocycles. The Morgan fingerprint density at radius 2 is 1.90 bits per heavy atom. The van der Waals surface area contributed by atoms with Crippen LogP contribution >= 0.6 is 0 Å². The second-order valence-corrected chi connectivity index (χ2v) is 6.49. The maximum Gasteiger partial charge on any atom is 0.405 e. The van der Waals surface area contributed by atoms with Crippen molar-refractivity contribution in [3.63, 3.8) is 0 Å². The molecule has 29 heavy (non-hydrogen) atoms. The molecule has 0 spiro atoms. The quantitative estimate of drug-likeness (QED) is 0.686. The largest absolute Gasteiger partial charge is 0.455 e. The third-order valence-electron chi connectivity index (χ3n) is 4.29. The van der Waals surface area contributed by atoms with Gasteiger partial charge in [0.15, 0.2) is 6.61 Å². The molecular formula is C18H20F3N3O5. The van der Waals surface area contributed by atoms with E-state index < -0.39 is 43.2 Å². The number of urea groups is 1. The highest BCUT2D eigenvalue weighted by Gasteiger charge is 2.38. The van der Waals surface area contributed by atoms with Gasteiger partial charge < -0.3 is 15.0 Å². The number of alkyl halides is 3. The van der Waals surface area contributed by atoms with Crippen molar-refractivity contribution in [1.82, 2.24) is 15.5 Å². The zero-order valence-electron chi connectivity index (χ0n) is 15.5. The molecule has 8 nitrogen and oxygen atoms in total. The summed E-state index contributed by atoms with van der Waals surface area (Å²) in [4.78, 5) is 48.6. The van der Waals surface area contributed by atoms with Crippen molar-refractivity contribution >= 4 is 23.8 Å². The fraction of sp³-hybridized carbons (Fsp3) is 0.444. The minimum Gasteiger partial charge on any atom is -0.455 e. The van der Waals surface area contributed by atoms with Crippen molar-refractivity contribution in [2.45, 2.75) is 25.6 Å². The van der Waals surface area contributed by atoms with E-state index in [9.17, 15) is 32.3 Å². The third-order valence-corrected chi connectivity index (χ3v) is 4.29. The number of hydrogen-bond acceptors (Lipinski definition) is 5. The molecule has 2 N–H and O–H groups in total. The molecule has 0 aromatic heterocycles. The van der Waals surface area contributed by atoms with Crippen LogP contribution in [0.3, 0.4) is 0 Å². The number of nitrogens with zero attached hydrogens (tertiary/aromatic N) is 1. The van der Waals surface area contributed by atoms with Crippen LogP contribution in [0, 0.1) is 5.92 Å². The number of likely N-dealkylation sites (tertiary alicyclic amines) is 1. The minimum atomic E-state index is -4.62. The minimum absolute atomic E-state index is 0.0797. The number of imide groups is 1. The van der Waals surface area contributed by atoms with Crippen molar-refractivity contribution < 1.29 is 37.1 Å². The molecule has 2 rings (SSSR count). The van der Waals surface area contributed by atoms with E-state index in [0.29, 0.717) is 0 Å². The summed E-state index contributed by atoms with van der Waals surface area (Å²) in [5.74, 6) is -2.90. The lowest BCUT2D eigenvalue weighted by Crippen LogP contribution is -2.44. The third kappa shape index (κ3) is 6.77. The molecule has 1 aromatic rings. The summed E-state index contributed by atoms with van der Waals surface area (Å²) >= 11 is 0. The van der Waals surface area contributed by atoms with E-state index >= 15 is 0 Å². The van der Waals surface area contributed by atoms with E-state index in [4.69, 9.17) is 4.74 Å². The first kappa shape index (κ1) is 22.2. The Labute approximate surface area is 164 Å². The van der Waals surface area contributed by atoms with Crippen molar-refractivity contribution in [2.24, 2.45) is 5.92 Å². The van der Waals surface area contributed by atoms with Gasteiger partial charge in [-0.15, -0.1) is 0 Å². The van der Waals surface area contributed by atoms with Crippen LogP contribution in [0.5, 0.6) is 0 Å². The Morgan fingerprint density at radius 3 is 2.52 bits per heavy atom. The monoisotopic (exact) mass is 415 g/mol. The topological polar surface area (TPSA) is 105 Å². The van der Waals surface area contributed by atoms with E-state index in [2.05, 4.69) is 0 Å². The van der Waals surface area contributed by atoms with E-state index in [-0.39, 0.29) is 24.9 Å². The molecular weight excluding hydrogens is 395 g/mol. The van der Waals surface area contributed by atoms with Gasteiger partial charge in [-0.2, -0.15) is 13.2 Å². The number of carbonyl (C=O) groups is 4. The molecule has 1 heterocycles. The number of benzene rings is 1. The van der Waals surface area contributed by atoms with Gasteiger partial charge in [-0.05, 0) is 12.5 Å². The first-order valence-electron chi connectivity index (χ1n) is 8.72. The number of esters is 1. The van der Waals surface area contributed by atoms with Crippen LogP contribution in [0.25, 0.3) is 0 Å². The molecule has 0 bridgehead atoms. The van der Waals surface area contributed by atoms with E-state index in [0.717, 1.165) is 5.56 Å². The number of nitrogens with one attached hydrogen (secondary N) is 2. The van der Waals surface area contributed by atoms with Gasteiger partial charge >= 0.3 is 18.2 Å². The maximum atomic E-state index is 12.2. The summed E-state index contributed by atoms with van der Waals surface area (Å²) in [6, 6.07) is 7.62. The first-order valence-corrected chi connectivity index (χ1v) is 8.72. The maximum absolute atomic E-state index is 12.2. The van der Waals surface area contributed by atoms with Crippen molar-refractivity contribution in [3.8, 4) is 0 Å². The molecule has 1 saturated heterocycles. The van der Waals surface area contributed by atoms with Crippen molar-refractivity contribution in [1.29, 1.82) is 0 Å². The van der Waals surface area contributed by atoms with Crippen LogP contribution in [-0.2, 0) is 19.1 Å². The van der Waals surface area contributed by atoms with Crippen LogP contribution < -0.4 is 10.6 Å². The summed E-state index contributed by atoms with van der Waals surface area (Å²) < 4.78 is 40.7. The highest BCUT2D eigenvalue weighted by Crippen LogP contribution is 2.28. The number of amides is 4. The van der Waals surface area contributed by atoms with Crippen LogP contribution in [0.4, 0.5) is 18.0 Å². The molecule has 1 fully saturated rings. The highest BCUT2D eigenvalue weighted by atomic mass is 19.4. The van der Waals surface area contributed by atoms with E-state index in [1.807, 2.05) is 37.3 Å². The summed E-state index contributed by atoms with van der Waals surface area (Å²) in [5.41, 5.74) is 0.902. The van der Waals surface area contributed by atoms with Gasteiger partial charge in [-0.3, -0.25) is 19.7 Å². The van der Waals surface area contributed by atoms with Gasteiger partial charge in [0.1, 0.15) is 6.54 Å². The molecule has 158 valence electrons. The Morgan fingerprint density at radius 1 is 1.24 bits per heavy atom. The van der Waals surface area contributed by atoms with Crippen LogP contribution in [0.15, 0.2) is 30.3 Å². The zero-order chi connectivity index (χ0) is 21.6. The summed E-state index contributed by atoms with van der Waals surface area (Å²) in [5, 5.41) is 3.06. The lowest BCUT2D eigenvalue weighted by molar-refractivity contribution is -0.152. The highest BCUT2D eigenvalue weighted by molar-refractivity contribution is 5.96. The standard InChI is InChI=1S/C18H20F3N3O5/c1-11(12-5-3-2-4-6-12)24-8-13(7-15(24)26)16(27)29-9-14(25)23-17(28)22-10-18(19,20)21/h2-6,11,13H,7-10H2,1H3,(H2,22,23,25,28)/t11-,13-/m1/s1. The van der Waals surface area contributed by atoms with Crippen LogP contribution in [0.2, 0.25) is 0 Å². The van der Waals surface area contributed by atoms with Gasteiger partial charge in [-0.1, -0.05) is 30.3 Å². The smallest absolute Gasteiger partial charge is 0.405 e. The molecule has 0 radical (unpaired) electrons. The Kier molecular flexibility index (Phi) is 7.18. The van der Waals surface area contributed by atoms with E-state index in [1.54, 1.807) is 5.32 Å². The Bertz CT molecular complexity index is 770. The van der Waals surface area contributed by atoms with Gasteiger partial charge in [0, 0.05) is 13.0 Å². The average molecular weight is 415 g/mol. The van der Waals surface area contributed by atoms with Gasteiger partial charge in [0.2, 0.25) is 5.91 Å². The number of hydrogen-bond donors (Lipinski definition) is 2. The fourth-order valence-corrected chi connectivity index (χ4v) is 2.82. The van der Waals surface area contributed by atoms with Crippen LogP contribution in [0.1, 0.15) is 24.9 Å². The van der Waals surface area contributed by atoms with Gasteiger partial charge in [0.25, 0.3) is 5.91 Å². The predicted octanol–water partition coefficient (Wildman–Crippen LogP) is 1.53. The van der Waals surface area contributed by atoms with Crippen molar-refractivity contribution in [3.05, 3.63) is 35.9 Å². The predicted molar refractivity (Wildman–Crippen MR) is 93.2 cm³/mol. The summed E-state index contributed by atoms with van der Waals surface area (Å²) in [7, 11) is 0. The lowest BCUT2D eigenvalue weighted by Gasteiger charge is -2.25. The Balaban J connectivity index is 1.79. The molecule has 1 aliphatic rings. The molecule has 1 aromatic carbocycles. The number of carbonyl (C=O) groups excluding carboxylic acids is 4. The summed E-state index contributed by atoms with van der Waals surface area (Å²) in [6.45, 7) is -0.516. The van der Waals surface area contributed by atoms with Gasteiger partial charge in [-0.25, -0.2) is 4.79 Å². The fourth-order valence-electron chi connectivity index (χ4n) is 2.82. The second-order valence-electron chi connectivity index (χ2n) is 6.49. The SMILES string of the molecule is C[C@H](c1ccccc1)N1C[C@H](C(=O)OCC(=O)NC(=O)NCC(F)(F)F)CC1=O. The van der Waals surface area contributed by atoms with E-state index in [1.165, 1.54) is 10.2 Å². The average Bonchev–Trinajstić information content (AvgIpc) is 3.06. The molecule has 0 unspecified atom stereocenters. The molecule has 2 atom stereocenters. The second kappa shape index (κ2) is 9.39. The molecule has 4 amide bonds. The van der Waals surface area contributed by atoms with Crippen molar-refractivity contribution in [2.75, 3.05) is 19.7 Å². The molecule has 11 heteroatoms. The molecule has 0 aliphatic carbocycles. The number of ether oxygens (including phenoxy) is 1. The number of rotatable bonds is 6. The number of halogens is 3. The van der Waals surface area contributed by atoms with Gasteiger partial charge in [0.05, 0.1) is 12.0 Å². The first-order chi connectivity index (χ1) is 13.6. The van der Waals surface area contributed by atoms with Crippen LogP contribution in [-0.4, -0.2) is 54.6 Å². The Hall–Kier alpha value is -3.11.